The third-order valence-electron chi connectivity index (χ3n) is 7.34. The van der Waals surface area contributed by atoms with Crippen molar-refractivity contribution in [2.24, 2.45) is 17.3 Å². The van der Waals surface area contributed by atoms with Crippen LogP contribution in [-0.2, 0) is 17.6 Å². The van der Waals surface area contributed by atoms with Crippen molar-refractivity contribution >= 4 is 6.03 Å². The zero-order chi connectivity index (χ0) is 19.6. The molecule has 2 amide bonds. The minimum atomic E-state index is 0.0519. The Kier molecular flexibility index (Phi) is 5.95. The number of aromatic nitrogens is 1. The molecule has 3 fully saturated rings. The molecule has 0 spiro atoms. The molecule has 3 aliphatic rings. The van der Waals surface area contributed by atoms with Crippen LogP contribution in [0.2, 0.25) is 0 Å². The van der Waals surface area contributed by atoms with Crippen LogP contribution in [-0.4, -0.2) is 48.4 Å². The van der Waals surface area contributed by atoms with Crippen LogP contribution in [0.4, 0.5) is 4.79 Å². The molecule has 2 aliphatic carbocycles. The summed E-state index contributed by atoms with van der Waals surface area (Å²) in [6, 6.07) is 2.45. The maximum absolute atomic E-state index is 12.5. The van der Waals surface area contributed by atoms with E-state index in [9.17, 15) is 4.79 Å². The summed E-state index contributed by atoms with van der Waals surface area (Å²) in [4.78, 5) is 14.3. The van der Waals surface area contributed by atoms with Crippen molar-refractivity contribution in [1.29, 1.82) is 0 Å². The Morgan fingerprint density at radius 3 is 2.68 bits per heavy atom. The van der Waals surface area contributed by atoms with E-state index >= 15 is 0 Å². The summed E-state index contributed by atoms with van der Waals surface area (Å²) in [6.45, 7) is 7.16. The first-order chi connectivity index (χ1) is 13.5. The minimum absolute atomic E-state index is 0.0519. The van der Waals surface area contributed by atoms with Gasteiger partial charge in [-0.1, -0.05) is 51.1 Å². The quantitative estimate of drug-likeness (QED) is 0.832. The lowest BCUT2D eigenvalue weighted by Crippen LogP contribution is -2.61. The van der Waals surface area contributed by atoms with Gasteiger partial charge < -0.3 is 19.5 Å². The molecule has 1 N–H and O–H groups in total. The molecule has 2 atom stereocenters. The maximum atomic E-state index is 12.5. The van der Waals surface area contributed by atoms with Crippen molar-refractivity contribution in [1.82, 2.24) is 15.4 Å². The monoisotopic (exact) mass is 389 g/mol. The maximum Gasteiger partial charge on any atom is 0.317 e. The van der Waals surface area contributed by atoms with Crippen molar-refractivity contribution in [3.05, 3.63) is 17.5 Å². The fourth-order valence-electron chi connectivity index (χ4n) is 5.09. The molecule has 6 heteroatoms. The van der Waals surface area contributed by atoms with Gasteiger partial charge in [0, 0.05) is 31.6 Å². The summed E-state index contributed by atoms with van der Waals surface area (Å²) in [7, 11) is 0. The Morgan fingerprint density at radius 1 is 1.21 bits per heavy atom. The lowest BCUT2D eigenvalue weighted by molar-refractivity contribution is 0.0101. The van der Waals surface area contributed by atoms with Crippen LogP contribution in [0.3, 0.4) is 0 Å². The summed E-state index contributed by atoms with van der Waals surface area (Å²) in [5.41, 5.74) is 1.14. The van der Waals surface area contributed by atoms with Crippen LogP contribution < -0.4 is 5.32 Å². The van der Waals surface area contributed by atoms with Crippen LogP contribution in [0.15, 0.2) is 10.6 Å². The van der Waals surface area contributed by atoms with Crippen molar-refractivity contribution in [2.45, 2.75) is 71.3 Å². The predicted octanol–water partition coefficient (Wildman–Crippen LogP) is 3.80. The third kappa shape index (κ3) is 4.37. The van der Waals surface area contributed by atoms with Gasteiger partial charge >= 0.3 is 6.03 Å². The van der Waals surface area contributed by atoms with Crippen molar-refractivity contribution in [3.8, 4) is 0 Å². The molecule has 0 radical (unpaired) electrons. The highest BCUT2D eigenvalue weighted by molar-refractivity contribution is 5.74. The molecule has 4 rings (SSSR count). The number of carbonyl (C=O) groups excluding carboxylic acids is 1. The SMILES string of the molecule is CC1(C)C(Cc2cc(CC3CCCCC3)on2)CC1NC(=O)N1CCOCC1. The molecule has 0 bridgehead atoms. The van der Waals surface area contributed by atoms with E-state index in [4.69, 9.17) is 9.26 Å². The molecule has 28 heavy (non-hydrogen) atoms. The fourth-order valence-corrected chi connectivity index (χ4v) is 5.09. The zero-order valence-electron chi connectivity index (χ0n) is 17.4. The Labute approximate surface area is 168 Å². The van der Waals surface area contributed by atoms with Crippen LogP contribution in [0.25, 0.3) is 0 Å². The molecule has 1 aliphatic heterocycles. The van der Waals surface area contributed by atoms with Gasteiger partial charge in [-0.15, -0.1) is 0 Å². The van der Waals surface area contributed by atoms with Crippen LogP contribution in [0.1, 0.15) is 63.8 Å². The second kappa shape index (κ2) is 8.44. The van der Waals surface area contributed by atoms with E-state index in [0.717, 1.165) is 36.6 Å². The highest BCUT2D eigenvalue weighted by Crippen LogP contribution is 2.47. The van der Waals surface area contributed by atoms with Crippen LogP contribution >= 0.6 is 0 Å². The van der Waals surface area contributed by atoms with Crippen LogP contribution in [0, 0.1) is 17.3 Å². The predicted molar refractivity (Wildman–Crippen MR) is 107 cm³/mol. The highest BCUT2D eigenvalue weighted by Gasteiger charge is 2.49. The van der Waals surface area contributed by atoms with E-state index in [2.05, 4.69) is 30.4 Å². The van der Waals surface area contributed by atoms with Crippen molar-refractivity contribution < 1.29 is 14.1 Å². The van der Waals surface area contributed by atoms with E-state index in [1.807, 2.05) is 4.90 Å². The molecular formula is C22H35N3O3. The standard InChI is InChI=1S/C22H35N3O3/c1-22(2)17(14-20(22)23-21(26)25-8-10-27-11-9-25)13-18-15-19(28-24-18)12-16-6-4-3-5-7-16/h15-17,20H,3-14H2,1-2H3,(H,23,26). The van der Waals surface area contributed by atoms with Gasteiger partial charge in [-0.25, -0.2) is 4.79 Å². The Hall–Kier alpha value is -1.56. The van der Waals surface area contributed by atoms with E-state index in [1.165, 1.54) is 32.1 Å². The normalized spacial score (nSPS) is 28.0. The first kappa shape index (κ1) is 19.7. The molecule has 0 aromatic carbocycles. The zero-order valence-corrected chi connectivity index (χ0v) is 17.4. The molecule has 1 aromatic heterocycles. The number of morpholine rings is 1. The Morgan fingerprint density at radius 2 is 1.96 bits per heavy atom. The molecule has 156 valence electrons. The molecule has 1 saturated heterocycles. The number of nitrogens with one attached hydrogen (secondary N) is 1. The summed E-state index contributed by atoms with van der Waals surface area (Å²) in [5, 5.41) is 7.58. The van der Waals surface area contributed by atoms with E-state index in [1.54, 1.807) is 0 Å². The summed E-state index contributed by atoms with van der Waals surface area (Å²) in [5.74, 6) is 2.35. The van der Waals surface area contributed by atoms with Gasteiger partial charge in [0.1, 0.15) is 5.76 Å². The number of amides is 2. The van der Waals surface area contributed by atoms with Crippen molar-refractivity contribution in [2.75, 3.05) is 26.3 Å². The minimum Gasteiger partial charge on any atom is -0.378 e. The van der Waals surface area contributed by atoms with E-state index in [-0.39, 0.29) is 17.5 Å². The average molecular weight is 390 g/mol. The molecule has 6 nitrogen and oxygen atoms in total. The van der Waals surface area contributed by atoms with Gasteiger partial charge in [-0.05, 0) is 30.1 Å². The number of hydrogen-bond donors (Lipinski definition) is 1. The molecule has 1 aromatic rings. The summed E-state index contributed by atoms with van der Waals surface area (Å²) in [6.07, 6.45) is 9.75. The van der Waals surface area contributed by atoms with Gasteiger partial charge in [0.05, 0.1) is 18.9 Å². The number of nitrogens with zero attached hydrogens (tertiary/aromatic N) is 2. The van der Waals surface area contributed by atoms with E-state index in [0.29, 0.717) is 32.2 Å². The largest absolute Gasteiger partial charge is 0.378 e. The lowest BCUT2D eigenvalue weighted by atomic mass is 9.57. The summed E-state index contributed by atoms with van der Waals surface area (Å²) < 4.78 is 11.0. The van der Waals surface area contributed by atoms with Gasteiger partial charge in [-0.2, -0.15) is 0 Å². The van der Waals surface area contributed by atoms with Crippen LogP contribution in [0.5, 0.6) is 0 Å². The van der Waals surface area contributed by atoms with Gasteiger partial charge in [0.15, 0.2) is 0 Å². The first-order valence-electron chi connectivity index (χ1n) is 11.1. The van der Waals surface area contributed by atoms with E-state index < -0.39 is 0 Å². The lowest BCUT2D eigenvalue weighted by Gasteiger charge is -2.52. The topological polar surface area (TPSA) is 67.6 Å². The Bertz CT molecular complexity index is 660. The Balaban J connectivity index is 1.26. The highest BCUT2D eigenvalue weighted by atomic mass is 16.5. The van der Waals surface area contributed by atoms with Gasteiger partial charge in [-0.3, -0.25) is 0 Å². The molecule has 2 unspecified atom stereocenters. The number of ether oxygens (including phenoxy) is 1. The van der Waals surface area contributed by atoms with Gasteiger partial charge in [0.2, 0.25) is 0 Å². The summed E-state index contributed by atoms with van der Waals surface area (Å²) >= 11 is 0. The number of rotatable bonds is 5. The number of urea groups is 1. The third-order valence-corrected chi connectivity index (χ3v) is 7.34. The average Bonchev–Trinajstić information content (AvgIpc) is 3.15. The second-order valence-corrected chi connectivity index (χ2v) is 9.55. The van der Waals surface area contributed by atoms with Crippen molar-refractivity contribution in [3.63, 3.8) is 0 Å². The number of hydrogen-bond acceptors (Lipinski definition) is 4. The molecule has 2 saturated carbocycles. The molecule has 2 heterocycles. The molecular weight excluding hydrogens is 354 g/mol. The first-order valence-corrected chi connectivity index (χ1v) is 11.1. The second-order valence-electron chi connectivity index (χ2n) is 9.55. The number of carbonyl (C=O) groups is 1. The smallest absolute Gasteiger partial charge is 0.317 e. The van der Waals surface area contributed by atoms with Gasteiger partial charge in [0.25, 0.3) is 0 Å². The fraction of sp³-hybridized carbons (Fsp3) is 0.818.